The van der Waals surface area contributed by atoms with Crippen LogP contribution >= 0.6 is 23.1 Å². The Hall–Kier alpha value is -0.100. The number of aromatic nitrogens is 1. The monoisotopic (exact) mass is 288 g/mol. The molecule has 1 heterocycles. The van der Waals surface area contributed by atoms with Gasteiger partial charge in [-0.1, -0.05) is 13.8 Å². The zero-order chi connectivity index (χ0) is 13.6. The van der Waals surface area contributed by atoms with Crippen molar-refractivity contribution < 1.29 is 4.74 Å². The van der Waals surface area contributed by atoms with E-state index >= 15 is 0 Å². The molecule has 1 atom stereocenters. The first-order valence-electron chi connectivity index (χ1n) is 6.39. The fourth-order valence-corrected chi connectivity index (χ4v) is 3.68. The third-order valence-electron chi connectivity index (χ3n) is 3.46. The molecular formula is C13H24N2OS2. The van der Waals surface area contributed by atoms with Crippen LogP contribution in [0.2, 0.25) is 0 Å². The van der Waals surface area contributed by atoms with Gasteiger partial charge >= 0.3 is 0 Å². The number of hydrogen-bond acceptors (Lipinski definition) is 5. The first-order valence-corrected chi connectivity index (χ1v) is 8.66. The Bertz CT molecular complexity index is 342. The molecule has 0 aliphatic carbocycles. The molecule has 2 N–H and O–H groups in total. The van der Waals surface area contributed by atoms with Crippen molar-refractivity contribution in [3.8, 4) is 0 Å². The summed E-state index contributed by atoms with van der Waals surface area (Å²) >= 11 is 3.49. The zero-order valence-corrected chi connectivity index (χ0v) is 13.4. The minimum Gasteiger partial charge on any atom is -0.371 e. The summed E-state index contributed by atoms with van der Waals surface area (Å²) in [5, 5.41) is 3.14. The van der Waals surface area contributed by atoms with Gasteiger partial charge in [0.1, 0.15) is 10.6 Å². The minimum atomic E-state index is -0.234. The van der Waals surface area contributed by atoms with E-state index < -0.39 is 0 Å². The lowest BCUT2D eigenvalue weighted by Gasteiger charge is -2.27. The molecule has 1 rings (SSSR count). The van der Waals surface area contributed by atoms with E-state index in [4.69, 9.17) is 15.5 Å². The van der Waals surface area contributed by atoms with Crippen LogP contribution in [-0.4, -0.2) is 24.1 Å². The van der Waals surface area contributed by atoms with Crippen LogP contribution in [0, 0.1) is 0 Å². The Morgan fingerprint density at radius 3 is 2.67 bits per heavy atom. The van der Waals surface area contributed by atoms with Crippen LogP contribution in [0.15, 0.2) is 5.38 Å². The molecule has 0 saturated heterocycles. The number of nitrogens with two attached hydrogens (primary N) is 1. The number of nitrogens with zero attached hydrogens (tertiary/aromatic N) is 1. The normalized spacial score (nSPS) is 13.8. The van der Waals surface area contributed by atoms with Gasteiger partial charge in [0.25, 0.3) is 0 Å². The molecule has 0 fully saturated rings. The van der Waals surface area contributed by atoms with Crippen molar-refractivity contribution in [1.82, 2.24) is 4.98 Å². The second-order valence-corrected chi connectivity index (χ2v) is 6.21. The molecule has 5 heteroatoms. The van der Waals surface area contributed by atoms with Crippen LogP contribution < -0.4 is 5.73 Å². The van der Waals surface area contributed by atoms with E-state index in [1.165, 1.54) is 0 Å². The van der Waals surface area contributed by atoms with Gasteiger partial charge in [0, 0.05) is 18.5 Å². The molecule has 0 saturated carbocycles. The van der Waals surface area contributed by atoms with Crippen LogP contribution in [0.4, 0.5) is 0 Å². The van der Waals surface area contributed by atoms with E-state index in [1.807, 2.05) is 11.8 Å². The van der Waals surface area contributed by atoms with Gasteiger partial charge in [-0.3, -0.25) is 0 Å². The van der Waals surface area contributed by atoms with Crippen molar-refractivity contribution in [2.75, 3.05) is 19.1 Å². The van der Waals surface area contributed by atoms with Gasteiger partial charge in [-0.15, -0.1) is 11.3 Å². The van der Waals surface area contributed by atoms with Crippen LogP contribution in [0.25, 0.3) is 0 Å². The largest absolute Gasteiger partial charge is 0.371 e. The Morgan fingerprint density at radius 1 is 1.50 bits per heavy atom. The number of ether oxygens (including phenoxy) is 1. The highest BCUT2D eigenvalue weighted by Gasteiger charge is 2.31. The quantitative estimate of drug-likeness (QED) is 0.794. The van der Waals surface area contributed by atoms with Gasteiger partial charge in [0.05, 0.1) is 5.69 Å². The van der Waals surface area contributed by atoms with E-state index in [0.29, 0.717) is 0 Å². The average molecular weight is 288 g/mol. The molecule has 0 bridgehead atoms. The number of methoxy groups -OCH3 is 1. The molecule has 3 nitrogen and oxygen atoms in total. The Labute approximate surface area is 119 Å². The average Bonchev–Trinajstić information content (AvgIpc) is 2.89. The van der Waals surface area contributed by atoms with E-state index in [9.17, 15) is 0 Å². The molecule has 0 aliphatic rings. The Balaban J connectivity index is 2.84. The zero-order valence-electron chi connectivity index (χ0n) is 11.7. The summed E-state index contributed by atoms with van der Waals surface area (Å²) in [4.78, 5) is 4.71. The first-order chi connectivity index (χ1) is 8.63. The highest BCUT2D eigenvalue weighted by atomic mass is 32.2. The summed E-state index contributed by atoms with van der Waals surface area (Å²) < 4.78 is 5.70. The second kappa shape index (κ2) is 7.48. The predicted octanol–water partition coefficient (Wildman–Crippen LogP) is 3.56. The summed E-state index contributed by atoms with van der Waals surface area (Å²) in [5.74, 6) is 1.07. The van der Waals surface area contributed by atoms with E-state index in [0.717, 1.165) is 35.7 Å². The second-order valence-electron chi connectivity index (χ2n) is 4.37. The Morgan fingerprint density at radius 2 is 2.17 bits per heavy atom. The minimum absolute atomic E-state index is 0.0470. The summed E-state index contributed by atoms with van der Waals surface area (Å²) in [6.07, 6.45) is 4.95. The standard InChI is InChI=1S/C13H24N2OS2/c1-5-13(6-2,16-3)12-15-11(9-18-12)10(14)7-8-17-4/h9-10H,5-8,14H2,1-4H3. The fourth-order valence-electron chi connectivity index (χ4n) is 1.99. The van der Waals surface area contributed by atoms with Crippen molar-refractivity contribution in [2.24, 2.45) is 5.73 Å². The van der Waals surface area contributed by atoms with Gasteiger partial charge in [0.2, 0.25) is 0 Å². The molecule has 0 spiro atoms. The van der Waals surface area contributed by atoms with E-state index in [1.54, 1.807) is 18.4 Å². The summed E-state index contributed by atoms with van der Waals surface area (Å²) in [6.45, 7) is 4.28. The molecule has 0 aliphatic heterocycles. The summed E-state index contributed by atoms with van der Waals surface area (Å²) in [7, 11) is 1.77. The lowest BCUT2D eigenvalue weighted by atomic mass is 9.98. The third-order valence-corrected chi connectivity index (χ3v) is 5.15. The molecule has 1 unspecified atom stereocenters. The molecule has 1 aromatic rings. The third kappa shape index (κ3) is 3.47. The van der Waals surface area contributed by atoms with Crippen molar-refractivity contribution in [2.45, 2.75) is 44.8 Å². The molecule has 0 radical (unpaired) electrons. The van der Waals surface area contributed by atoms with Crippen LogP contribution in [0.3, 0.4) is 0 Å². The van der Waals surface area contributed by atoms with Crippen molar-refractivity contribution in [3.05, 3.63) is 16.1 Å². The Kier molecular flexibility index (Phi) is 6.63. The summed E-state index contributed by atoms with van der Waals surface area (Å²) in [5.41, 5.74) is 6.92. The fraction of sp³-hybridized carbons (Fsp3) is 0.769. The van der Waals surface area contributed by atoms with E-state index in [2.05, 4.69) is 25.5 Å². The topological polar surface area (TPSA) is 48.1 Å². The van der Waals surface area contributed by atoms with Gasteiger partial charge in [-0.05, 0) is 31.3 Å². The number of thiazole rings is 1. The maximum Gasteiger partial charge on any atom is 0.125 e. The van der Waals surface area contributed by atoms with Crippen molar-refractivity contribution >= 4 is 23.1 Å². The predicted molar refractivity (Wildman–Crippen MR) is 81.3 cm³/mol. The van der Waals surface area contributed by atoms with E-state index in [-0.39, 0.29) is 11.6 Å². The lowest BCUT2D eigenvalue weighted by molar-refractivity contribution is -0.0220. The molecule has 0 amide bonds. The molecule has 0 aromatic carbocycles. The molecule has 104 valence electrons. The van der Waals surface area contributed by atoms with Crippen molar-refractivity contribution in [3.63, 3.8) is 0 Å². The van der Waals surface area contributed by atoms with Gasteiger partial charge < -0.3 is 10.5 Å². The molecule has 1 aromatic heterocycles. The maximum absolute atomic E-state index is 6.15. The highest BCUT2D eigenvalue weighted by Crippen LogP contribution is 2.35. The van der Waals surface area contributed by atoms with Gasteiger partial charge in [0.15, 0.2) is 0 Å². The van der Waals surface area contributed by atoms with Crippen LogP contribution in [0.5, 0.6) is 0 Å². The van der Waals surface area contributed by atoms with Gasteiger partial charge in [-0.2, -0.15) is 11.8 Å². The first kappa shape index (κ1) is 16.0. The number of hydrogen-bond donors (Lipinski definition) is 1. The molecular weight excluding hydrogens is 264 g/mol. The van der Waals surface area contributed by atoms with Crippen LogP contribution in [0.1, 0.15) is 49.9 Å². The number of thioether (sulfide) groups is 1. The van der Waals surface area contributed by atoms with Crippen LogP contribution in [-0.2, 0) is 10.3 Å². The summed E-state index contributed by atoms with van der Waals surface area (Å²) in [6, 6.07) is 0.0470. The SMILES string of the molecule is CCC(CC)(OC)c1nc(C(N)CCSC)cs1. The highest BCUT2D eigenvalue weighted by molar-refractivity contribution is 7.98. The maximum atomic E-state index is 6.15. The smallest absolute Gasteiger partial charge is 0.125 e. The van der Waals surface area contributed by atoms with Gasteiger partial charge in [-0.25, -0.2) is 4.98 Å². The number of rotatable bonds is 8. The lowest BCUT2D eigenvalue weighted by Crippen LogP contribution is -2.26. The molecule has 18 heavy (non-hydrogen) atoms. The van der Waals surface area contributed by atoms with Crippen molar-refractivity contribution in [1.29, 1.82) is 0 Å².